The van der Waals surface area contributed by atoms with Crippen molar-refractivity contribution >= 4 is 23.2 Å². The van der Waals surface area contributed by atoms with E-state index in [0.29, 0.717) is 18.6 Å². The minimum Gasteiger partial charge on any atom is -0.329 e. The van der Waals surface area contributed by atoms with Crippen LogP contribution < -0.4 is 5.73 Å². The van der Waals surface area contributed by atoms with Crippen molar-refractivity contribution in [2.75, 3.05) is 6.54 Å². The minimum absolute atomic E-state index is 0.114. The van der Waals surface area contributed by atoms with E-state index in [2.05, 4.69) is 18.7 Å². The average molecular weight is 301 g/mol. The van der Waals surface area contributed by atoms with Crippen molar-refractivity contribution in [2.24, 2.45) is 5.73 Å². The maximum absolute atomic E-state index is 6.35. The van der Waals surface area contributed by atoms with Gasteiger partial charge in [0, 0.05) is 34.2 Å². The number of benzene rings is 1. The molecule has 0 bridgehead atoms. The largest absolute Gasteiger partial charge is 0.329 e. The van der Waals surface area contributed by atoms with Crippen molar-refractivity contribution < 1.29 is 0 Å². The molecule has 1 aliphatic heterocycles. The predicted molar refractivity (Wildman–Crippen MR) is 82.9 cm³/mol. The number of likely N-dealkylation sites (tertiary alicyclic amines) is 1. The summed E-state index contributed by atoms with van der Waals surface area (Å²) >= 11 is 12.7. The van der Waals surface area contributed by atoms with Gasteiger partial charge in [-0.3, -0.25) is 4.90 Å². The minimum atomic E-state index is 0.114. The van der Waals surface area contributed by atoms with Crippen molar-refractivity contribution in [1.82, 2.24) is 4.90 Å². The van der Waals surface area contributed by atoms with Crippen LogP contribution in [0.3, 0.4) is 0 Å². The lowest BCUT2D eigenvalue weighted by Crippen LogP contribution is -2.41. The van der Waals surface area contributed by atoms with Crippen molar-refractivity contribution in [1.29, 1.82) is 0 Å². The second-order valence-electron chi connectivity index (χ2n) is 5.32. The van der Waals surface area contributed by atoms with Gasteiger partial charge in [-0.1, -0.05) is 36.2 Å². The van der Waals surface area contributed by atoms with Gasteiger partial charge in [0.25, 0.3) is 0 Å². The molecule has 19 heavy (non-hydrogen) atoms. The Balaban J connectivity index is 2.39. The summed E-state index contributed by atoms with van der Waals surface area (Å²) in [6.07, 6.45) is 3.59. The highest BCUT2D eigenvalue weighted by Gasteiger charge is 2.36. The van der Waals surface area contributed by atoms with E-state index in [9.17, 15) is 0 Å². The number of nitrogens with zero attached hydrogens (tertiary/aromatic N) is 1. The molecule has 0 radical (unpaired) electrons. The lowest BCUT2D eigenvalue weighted by Gasteiger charge is -2.36. The fraction of sp³-hybridized carbons (Fsp3) is 0.600. The van der Waals surface area contributed by atoms with E-state index in [-0.39, 0.29) is 6.04 Å². The van der Waals surface area contributed by atoms with Gasteiger partial charge >= 0.3 is 0 Å². The topological polar surface area (TPSA) is 29.3 Å². The molecular formula is C15H22Cl2N2. The summed E-state index contributed by atoms with van der Waals surface area (Å²) < 4.78 is 0. The summed E-state index contributed by atoms with van der Waals surface area (Å²) in [5.41, 5.74) is 7.03. The van der Waals surface area contributed by atoms with Crippen LogP contribution in [0, 0.1) is 0 Å². The molecular weight excluding hydrogens is 279 g/mol. The first-order valence-electron chi connectivity index (χ1n) is 7.01. The molecule has 1 saturated heterocycles. The second kappa shape index (κ2) is 6.45. The molecule has 4 heteroatoms. The Hall–Kier alpha value is -0.280. The van der Waals surface area contributed by atoms with Crippen LogP contribution in [-0.2, 0) is 0 Å². The van der Waals surface area contributed by atoms with Gasteiger partial charge < -0.3 is 5.73 Å². The van der Waals surface area contributed by atoms with Gasteiger partial charge in [0.2, 0.25) is 0 Å². The molecule has 3 atom stereocenters. The zero-order chi connectivity index (χ0) is 14.0. The van der Waals surface area contributed by atoms with E-state index in [4.69, 9.17) is 28.9 Å². The van der Waals surface area contributed by atoms with Crippen LogP contribution in [0.4, 0.5) is 0 Å². The molecule has 1 aliphatic rings. The highest BCUT2D eigenvalue weighted by Crippen LogP contribution is 2.39. The molecule has 1 heterocycles. The highest BCUT2D eigenvalue weighted by atomic mass is 35.5. The Morgan fingerprint density at radius 3 is 2.47 bits per heavy atom. The highest BCUT2D eigenvalue weighted by molar-refractivity contribution is 6.36. The predicted octanol–water partition coefficient (Wildman–Crippen LogP) is 4.26. The zero-order valence-corrected chi connectivity index (χ0v) is 13.1. The van der Waals surface area contributed by atoms with E-state index in [1.807, 2.05) is 18.2 Å². The maximum atomic E-state index is 6.35. The van der Waals surface area contributed by atoms with Crippen molar-refractivity contribution in [3.05, 3.63) is 33.8 Å². The summed E-state index contributed by atoms with van der Waals surface area (Å²) in [5.74, 6) is 0. The van der Waals surface area contributed by atoms with Gasteiger partial charge in [0.05, 0.1) is 6.04 Å². The fourth-order valence-corrected chi connectivity index (χ4v) is 3.94. The fourth-order valence-electron chi connectivity index (χ4n) is 3.29. The molecule has 0 aliphatic carbocycles. The van der Waals surface area contributed by atoms with Crippen LogP contribution in [0.15, 0.2) is 18.2 Å². The van der Waals surface area contributed by atoms with Gasteiger partial charge in [0.15, 0.2) is 0 Å². The Bertz CT molecular complexity index is 416. The first kappa shape index (κ1) is 15.1. The molecule has 106 valence electrons. The van der Waals surface area contributed by atoms with Crippen LogP contribution in [0.5, 0.6) is 0 Å². The normalized spacial score (nSPS) is 25.7. The zero-order valence-electron chi connectivity index (χ0n) is 11.6. The van der Waals surface area contributed by atoms with E-state index in [1.165, 1.54) is 12.8 Å². The van der Waals surface area contributed by atoms with Crippen LogP contribution in [0.2, 0.25) is 10.0 Å². The first-order valence-corrected chi connectivity index (χ1v) is 7.77. The lowest BCUT2D eigenvalue weighted by atomic mass is 10.0. The number of nitrogens with two attached hydrogens (primary N) is 1. The molecule has 3 unspecified atom stereocenters. The van der Waals surface area contributed by atoms with E-state index in [1.54, 1.807) is 0 Å². The van der Waals surface area contributed by atoms with Gasteiger partial charge in [-0.05, 0) is 38.3 Å². The number of rotatable bonds is 4. The Kier molecular flexibility index (Phi) is 5.13. The molecule has 1 aromatic carbocycles. The van der Waals surface area contributed by atoms with E-state index < -0.39 is 0 Å². The summed E-state index contributed by atoms with van der Waals surface area (Å²) in [7, 11) is 0. The van der Waals surface area contributed by atoms with E-state index in [0.717, 1.165) is 22.0 Å². The molecule has 0 saturated carbocycles. The maximum Gasteiger partial charge on any atom is 0.0505 e. The average Bonchev–Trinajstić information content (AvgIpc) is 2.75. The third-order valence-corrected chi connectivity index (χ3v) is 4.89. The molecule has 2 rings (SSSR count). The second-order valence-corrected chi connectivity index (χ2v) is 6.14. The third-order valence-electron chi connectivity index (χ3n) is 4.24. The monoisotopic (exact) mass is 300 g/mol. The van der Waals surface area contributed by atoms with Crippen molar-refractivity contribution in [3.63, 3.8) is 0 Å². The van der Waals surface area contributed by atoms with Crippen molar-refractivity contribution in [3.8, 4) is 0 Å². The molecule has 1 fully saturated rings. The lowest BCUT2D eigenvalue weighted by molar-refractivity contribution is 0.137. The number of halogens is 2. The Morgan fingerprint density at radius 1 is 1.32 bits per heavy atom. The first-order chi connectivity index (χ1) is 9.10. The van der Waals surface area contributed by atoms with Crippen LogP contribution in [-0.4, -0.2) is 23.5 Å². The van der Waals surface area contributed by atoms with Gasteiger partial charge in [-0.2, -0.15) is 0 Å². The van der Waals surface area contributed by atoms with E-state index >= 15 is 0 Å². The summed E-state index contributed by atoms with van der Waals surface area (Å²) in [6, 6.07) is 6.90. The molecule has 2 N–H and O–H groups in total. The Morgan fingerprint density at radius 2 is 1.95 bits per heavy atom. The van der Waals surface area contributed by atoms with Crippen LogP contribution in [0.25, 0.3) is 0 Å². The van der Waals surface area contributed by atoms with Crippen LogP contribution in [0.1, 0.15) is 44.7 Å². The number of hydrogen-bond acceptors (Lipinski definition) is 2. The van der Waals surface area contributed by atoms with Gasteiger partial charge in [-0.25, -0.2) is 0 Å². The molecule has 0 aromatic heterocycles. The van der Waals surface area contributed by atoms with Crippen molar-refractivity contribution in [2.45, 2.75) is 51.2 Å². The van der Waals surface area contributed by atoms with Gasteiger partial charge in [0.1, 0.15) is 0 Å². The quantitative estimate of drug-likeness (QED) is 0.900. The summed E-state index contributed by atoms with van der Waals surface area (Å²) in [4.78, 5) is 2.51. The Labute approximate surface area is 125 Å². The molecule has 2 nitrogen and oxygen atoms in total. The third kappa shape index (κ3) is 2.92. The number of hydrogen-bond donors (Lipinski definition) is 1. The molecule has 0 amide bonds. The summed E-state index contributed by atoms with van der Waals surface area (Å²) in [6.45, 7) is 5.05. The van der Waals surface area contributed by atoms with Gasteiger partial charge in [-0.15, -0.1) is 0 Å². The summed E-state index contributed by atoms with van der Waals surface area (Å²) in [5, 5.41) is 1.44. The molecule has 0 spiro atoms. The smallest absolute Gasteiger partial charge is 0.0505 e. The SMILES string of the molecule is CCC1CCC(C)N1C(CN)c1c(Cl)cccc1Cl. The van der Waals surface area contributed by atoms with Crippen LogP contribution >= 0.6 is 23.2 Å². The molecule has 1 aromatic rings. The standard InChI is InChI=1S/C15H22Cl2N2/c1-3-11-8-7-10(2)19(11)14(9-18)15-12(16)5-4-6-13(15)17/h4-6,10-11,14H,3,7-9,18H2,1-2H3.